The molecule has 0 saturated carbocycles. The molecule has 0 N–H and O–H groups in total. The lowest BCUT2D eigenvalue weighted by Crippen LogP contribution is -2.05. The number of hydrogen-bond acceptors (Lipinski definition) is 4. The van der Waals surface area contributed by atoms with E-state index in [-0.39, 0.29) is 6.61 Å². The first-order valence-electron chi connectivity index (χ1n) is 5.55. The molecule has 0 spiro atoms. The van der Waals surface area contributed by atoms with Gasteiger partial charge < -0.3 is 9.47 Å². The zero-order valence-electron chi connectivity index (χ0n) is 9.70. The van der Waals surface area contributed by atoms with Crippen molar-refractivity contribution in [3.05, 3.63) is 34.5 Å². The molecular weight excluding hydrogens is 254 g/mol. The highest BCUT2D eigenvalue weighted by Crippen LogP contribution is 2.33. The monoisotopic (exact) mass is 263 g/mol. The minimum atomic E-state index is -0.399. The van der Waals surface area contributed by atoms with E-state index in [1.165, 1.54) is 6.20 Å². The molecule has 0 fully saturated rings. The Labute approximate surface area is 108 Å². The molecule has 1 aliphatic heterocycles. The molecule has 2 heterocycles. The van der Waals surface area contributed by atoms with Crippen molar-refractivity contribution in [3.63, 3.8) is 0 Å². The average molecular weight is 264 g/mol. The Morgan fingerprint density at radius 1 is 1.28 bits per heavy atom. The predicted octanol–water partition coefficient (Wildman–Crippen LogP) is 2.75. The summed E-state index contributed by atoms with van der Waals surface area (Å²) in [7, 11) is 0. The third-order valence-electron chi connectivity index (χ3n) is 2.88. The summed E-state index contributed by atoms with van der Waals surface area (Å²) in [6.45, 7) is 2.50. The summed E-state index contributed by atoms with van der Waals surface area (Å²) < 4.78 is 10.6. The van der Waals surface area contributed by atoms with Gasteiger partial charge in [-0.2, -0.15) is 0 Å². The Morgan fingerprint density at radius 3 is 2.89 bits per heavy atom. The second-order valence-corrected chi connectivity index (χ2v) is 4.51. The van der Waals surface area contributed by atoms with Crippen molar-refractivity contribution in [2.24, 2.45) is 0 Å². The zero-order valence-corrected chi connectivity index (χ0v) is 10.5. The van der Waals surface area contributed by atoms with Crippen molar-refractivity contribution in [1.29, 1.82) is 0 Å². The van der Waals surface area contributed by atoms with Crippen molar-refractivity contribution >= 4 is 28.5 Å². The van der Waals surface area contributed by atoms with Gasteiger partial charge in [-0.05, 0) is 24.6 Å². The lowest BCUT2D eigenvalue weighted by atomic mass is 10.1. The first kappa shape index (κ1) is 11.3. The minimum Gasteiger partial charge on any atom is -0.488 e. The van der Waals surface area contributed by atoms with Crippen LogP contribution in [0.25, 0.3) is 10.9 Å². The molecule has 18 heavy (non-hydrogen) atoms. The van der Waals surface area contributed by atoms with E-state index >= 15 is 0 Å². The molecule has 0 bridgehead atoms. The second-order valence-electron chi connectivity index (χ2n) is 4.10. The molecule has 92 valence electrons. The molecule has 4 nitrogen and oxygen atoms in total. The van der Waals surface area contributed by atoms with Gasteiger partial charge in [-0.15, -0.1) is 0 Å². The van der Waals surface area contributed by atoms with Crippen LogP contribution in [0.1, 0.15) is 15.9 Å². The molecule has 0 atom stereocenters. The van der Waals surface area contributed by atoms with Gasteiger partial charge in [0.15, 0.2) is 0 Å². The van der Waals surface area contributed by atoms with Gasteiger partial charge in [-0.25, -0.2) is 4.79 Å². The van der Waals surface area contributed by atoms with Crippen LogP contribution in [0.15, 0.2) is 18.3 Å². The van der Waals surface area contributed by atoms with Gasteiger partial charge >= 0.3 is 5.97 Å². The lowest BCUT2D eigenvalue weighted by Gasteiger charge is -2.09. The van der Waals surface area contributed by atoms with Gasteiger partial charge in [0.05, 0.1) is 5.52 Å². The van der Waals surface area contributed by atoms with Gasteiger partial charge in [0, 0.05) is 16.6 Å². The smallest absolute Gasteiger partial charge is 0.343 e. The summed E-state index contributed by atoms with van der Waals surface area (Å²) >= 11 is 6.06. The standard InChI is InChI=1S/C13H10ClNO3/c1-7-4-8-11(5-10(7)14)15-6-9-12(8)17-2-3-18-13(9)16/h4-6H,2-3H2,1H3. The number of hydrogen-bond donors (Lipinski definition) is 0. The number of fused-ring (bicyclic) bond motifs is 3. The van der Waals surface area contributed by atoms with Gasteiger partial charge in [0.1, 0.15) is 24.5 Å². The normalized spacial score (nSPS) is 14.7. The van der Waals surface area contributed by atoms with Crippen LogP contribution in [0.5, 0.6) is 5.75 Å². The van der Waals surface area contributed by atoms with E-state index in [1.807, 2.05) is 13.0 Å². The van der Waals surface area contributed by atoms with Crippen LogP contribution in [0.3, 0.4) is 0 Å². The Kier molecular flexibility index (Phi) is 2.59. The van der Waals surface area contributed by atoms with Crippen LogP contribution in [-0.2, 0) is 4.74 Å². The molecule has 2 aromatic rings. The number of rotatable bonds is 0. The zero-order chi connectivity index (χ0) is 12.7. The Morgan fingerprint density at radius 2 is 2.06 bits per heavy atom. The minimum absolute atomic E-state index is 0.252. The molecule has 0 amide bonds. The largest absolute Gasteiger partial charge is 0.488 e. The van der Waals surface area contributed by atoms with Crippen LogP contribution < -0.4 is 4.74 Å². The molecule has 3 rings (SSSR count). The van der Waals surface area contributed by atoms with E-state index in [9.17, 15) is 4.79 Å². The Bertz CT molecular complexity index is 654. The molecular formula is C13H10ClNO3. The summed E-state index contributed by atoms with van der Waals surface area (Å²) in [4.78, 5) is 16.0. The first-order valence-corrected chi connectivity index (χ1v) is 5.93. The van der Waals surface area contributed by atoms with Crippen LogP contribution in [0.2, 0.25) is 5.02 Å². The number of aryl methyl sites for hydroxylation is 1. The molecule has 0 aliphatic carbocycles. The number of esters is 1. The van der Waals surface area contributed by atoms with E-state index in [4.69, 9.17) is 21.1 Å². The molecule has 0 saturated heterocycles. The third-order valence-corrected chi connectivity index (χ3v) is 3.29. The molecule has 1 aromatic heterocycles. The number of aromatic nitrogens is 1. The molecule has 0 radical (unpaired) electrons. The average Bonchev–Trinajstić information content (AvgIpc) is 2.53. The molecule has 5 heteroatoms. The summed E-state index contributed by atoms with van der Waals surface area (Å²) in [5, 5.41) is 1.43. The van der Waals surface area contributed by atoms with E-state index in [1.54, 1.807) is 6.07 Å². The number of ether oxygens (including phenoxy) is 2. The van der Waals surface area contributed by atoms with Crippen LogP contribution >= 0.6 is 11.6 Å². The van der Waals surface area contributed by atoms with E-state index in [0.717, 1.165) is 10.9 Å². The van der Waals surface area contributed by atoms with Crippen LogP contribution in [0.4, 0.5) is 0 Å². The summed E-state index contributed by atoms with van der Waals surface area (Å²) in [5.41, 5.74) is 1.99. The highest BCUT2D eigenvalue weighted by Gasteiger charge is 2.21. The topological polar surface area (TPSA) is 48.4 Å². The fraction of sp³-hybridized carbons (Fsp3) is 0.231. The van der Waals surface area contributed by atoms with Crippen molar-refractivity contribution in [2.45, 2.75) is 6.92 Å². The molecule has 1 aromatic carbocycles. The Balaban J connectivity index is 2.33. The third kappa shape index (κ3) is 1.69. The highest BCUT2D eigenvalue weighted by molar-refractivity contribution is 6.32. The van der Waals surface area contributed by atoms with Crippen molar-refractivity contribution in [3.8, 4) is 5.75 Å². The summed E-state index contributed by atoms with van der Waals surface area (Å²) in [5.74, 6) is 0.131. The maximum absolute atomic E-state index is 11.7. The Hall–Kier alpha value is -1.81. The maximum atomic E-state index is 11.7. The SMILES string of the molecule is Cc1cc2c3c(cnc2cc1Cl)C(=O)OCCO3. The quantitative estimate of drug-likeness (QED) is 0.686. The van der Waals surface area contributed by atoms with Gasteiger partial charge in [-0.3, -0.25) is 4.98 Å². The van der Waals surface area contributed by atoms with Gasteiger partial charge in [-0.1, -0.05) is 11.6 Å². The fourth-order valence-electron chi connectivity index (χ4n) is 1.95. The number of halogens is 1. The second kappa shape index (κ2) is 4.14. The number of carbonyl (C=O) groups excluding carboxylic acids is 1. The van der Waals surface area contributed by atoms with Crippen LogP contribution in [-0.4, -0.2) is 24.2 Å². The predicted molar refractivity (Wildman–Crippen MR) is 67.3 cm³/mol. The summed E-state index contributed by atoms with van der Waals surface area (Å²) in [6.07, 6.45) is 1.47. The van der Waals surface area contributed by atoms with E-state index in [2.05, 4.69) is 4.98 Å². The van der Waals surface area contributed by atoms with Crippen LogP contribution in [0, 0.1) is 6.92 Å². The van der Waals surface area contributed by atoms with Gasteiger partial charge in [0.25, 0.3) is 0 Å². The van der Waals surface area contributed by atoms with Gasteiger partial charge in [0.2, 0.25) is 0 Å². The van der Waals surface area contributed by atoms with Crippen molar-refractivity contribution < 1.29 is 14.3 Å². The maximum Gasteiger partial charge on any atom is 0.343 e. The number of nitrogens with zero attached hydrogens (tertiary/aromatic N) is 1. The van der Waals surface area contributed by atoms with E-state index < -0.39 is 5.97 Å². The van der Waals surface area contributed by atoms with E-state index in [0.29, 0.717) is 28.5 Å². The first-order chi connectivity index (χ1) is 8.66. The highest BCUT2D eigenvalue weighted by atomic mass is 35.5. The number of cyclic esters (lactones) is 1. The number of benzene rings is 1. The summed E-state index contributed by atoms with van der Waals surface area (Å²) in [6, 6.07) is 3.65. The van der Waals surface area contributed by atoms with Crippen molar-refractivity contribution in [1.82, 2.24) is 4.98 Å². The lowest BCUT2D eigenvalue weighted by molar-refractivity contribution is 0.0492. The molecule has 0 unspecified atom stereocenters. The number of carbonyl (C=O) groups is 1. The number of pyridine rings is 1. The fourth-order valence-corrected chi connectivity index (χ4v) is 2.11. The van der Waals surface area contributed by atoms with Crippen molar-refractivity contribution in [2.75, 3.05) is 13.2 Å². The molecule has 1 aliphatic rings.